The molecule has 20 heavy (non-hydrogen) atoms. The van der Waals surface area contributed by atoms with Crippen LogP contribution in [0.25, 0.3) is 10.4 Å². The Kier molecular flexibility index (Phi) is 3.70. The fraction of sp³-hybridized carbons (Fsp3) is 0.0588. The second-order valence-corrected chi connectivity index (χ2v) is 5.32. The molecule has 0 saturated heterocycles. The Morgan fingerprint density at radius 3 is 2.30 bits per heavy atom. The molecule has 2 aromatic carbocycles. The summed E-state index contributed by atoms with van der Waals surface area (Å²) in [4.78, 5) is 13.2. The number of carbonyl (C=O) groups excluding carboxylic acids is 1. The van der Waals surface area contributed by atoms with E-state index in [-0.39, 0.29) is 5.78 Å². The van der Waals surface area contributed by atoms with Crippen LogP contribution in [-0.2, 0) is 6.42 Å². The molecular weight excluding hydrogens is 266 g/mol. The Bertz CT molecular complexity index is 704. The zero-order valence-corrected chi connectivity index (χ0v) is 11.6. The molecule has 0 spiro atoms. The number of ketones is 1. The van der Waals surface area contributed by atoms with Gasteiger partial charge in [0.25, 0.3) is 0 Å². The van der Waals surface area contributed by atoms with E-state index in [1.807, 2.05) is 54.6 Å². The van der Waals surface area contributed by atoms with Crippen molar-refractivity contribution in [1.82, 2.24) is 4.37 Å². The van der Waals surface area contributed by atoms with Gasteiger partial charge in [-0.3, -0.25) is 4.79 Å². The molecule has 0 unspecified atom stereocenters. The molecule has 0 saturated carbocycles. The predicted molar refractivity (Wildman–Crippen MR) is 82.0 cm³/mol. The largest absolute Gasteiger partial charge is 0.294 e. The van der Waals surface area contributed by atoms with Crippen LogP contribution in [0.15, 0.2) is 66.7 Å². The average molecular weight is 279 g/mol. The van der Waals surface area contributed by atoms with E-state index in [1.165, 1.54) is 11.5 Å². The lowest BCUT2D eigenvalue weighted by Gasteiger charge is -1.97. The number of rotatable bonds is 4. The first-order valence-electron chi connectivity index (χ1n) is 6.42. The maximum Gasteiger partial charge on any atom is 0.168 e. The molecule has 2 nitrogen and oxygen atoms in total. The Balaban J connectivity index is 1.77. The monoisotopic (exact) mass is 279 g/mol. The van der Waals surface area contributed by atoms with Gasteiger partial charge in [0.15, 0.2) is 5.78 Å². The summed E-state index contributed by atoms with van der Waals surface area (Å²) >= 11 is 1.44. The zero-order chi connectivity index (χ0) is 13.8. The molecule has 98 valence electrons. The van der Waals surface area contributed by atoms with E-state index in [2.05, 4.69) is 16.5 Å². The molecule has 0 aliphatic carbocycles. The van der Waals surface area contributed by atoms with Crippen molar-refractivity contribution < 1.29 is 4.79 Å². The van der Waals surface area contributed by atoms with E-state index >= 15 is 0 Å². The van der Waals surface area contributed by atoms with Crippen LogP contribution >= 0.6 is 11.5 Å². The van der Waals surface area contributed by atoms with Gasteiger partial charge in [-0.15, -0.1) is 0 Å². The van der Waals surface area contributed by atoms with Crippen LogP contribution in [-0.4, -0.2) is 10.2 Å². The van der Waals surface area contributed by atoms with E-state index in [9.17, 15) is 4.79 Å². The Morgan fingerprint density at radius 1 is 0.950 bits per heavy atom. The van der Waals surface area contributed by atoms with Crippen molar-refractivity contribution in [3.63, 3.8) is 0 Å². The molecule has 3 aromatic rings. The Hall–Kier alpha value is -2.26. The van der Waals surface area contributed by atoms with Crippen LogP contribution in [0.4, 0.5) is 0 Å². The van der Waals surface area contributed by atoms with Gasteiger partial charge < -0.3 is 0 Å². The van der Waals surface area contributed by atoms with Gasteiger partial charge in [0.1, 0.15) is 0 Å². The number of nitrogens with zero attached hydrogens (tertiary/aromatic N) is 1. The van der Waals surface area contributed by atoms with Gasteiger partial charge in [-0.2, -0.15) is 4.37 Å². The van der Waals surface area contributed by atoms with E-state index in [4.69, 9.17) is 0 Å². The number of benzene rings is 2. The number of Topliss-reactive ketones (excluding diaryl/α,β-unsaturated/α-hetero) is 1. The summed E-state index contributed by atoms with van der Waals surface area (Å²) in [6.07, 6.45) is 0.355. The normalized spacial score (nSPS) is 10.4. The Morgan fingerprint density at radius 2 is 1.60 bits per heavy atom. The van der Waals surface area contributed by atoms with Crippen molar-refractivity contribution in [3.8, 4) is 10.4 Å². The van der Waals surface area contributed by atoms with Crippen molar-refractivity contribution in [2.45, 2.75) is 6.42 Å². The molecule has 0 N–H and O–H groups in total. The summed E-state index contributed by atoms with van der Waals surface area (Å²) in [6.45, 7) is 0. The van der Waals surface area contributed by atoms with Gasteiger partial charge in [-0.25, -0.2) is 0 Å². The molecule has 0 fully saturated rings. The van der Waals surface area contributed by atoms with E-state index in [1.54, 1.807) is 0 Å². The topological polar surface area (TPSA) is 30.0 Å². The lowest BCUT2D eigenvalue weighted by atomic mass is 10.1. The molecule has 0 atom stereocenters. The first-order valence-corrected chi connectivity index (χ1v) is 7.19. The summed E-state index contributed by atoms with van der Waals surface area (Å²) < 4.78 is 4.38. The van der Waals surface area contributed by atoms with Gasteiger partial charge in [-0.1, -0.05) is 60.7 Å². The van der Waals surface area contributed by atoms with Crippen molar-refractivity contribution >= 4 is 17.3 Å². The van der Waals surface area contributed by atoms with Gasteiger partial charge in [0.05, 0.1) is 17.0 Å². The maximum absolute atomic E-state index is 12.1. The second kappa shape index (κ2) is 5.80. The number of carbonyl (C=O) groups is 1. The zero-order valence-electron chi connectivity index (χ0n) is 10.8. The summed E-state index contributed by atoms with van der Waals surface area (Å²) in [5, 5.41) is 0. The molecular formula is C17H13NOS. The Labute approximate surface area is 121 Å². The van der Waals surface area contributed by atoms with Crippen molar-refractivity contribution in [3.05, 3.63) is 78.0 Å². The summed E-state index contributed by atoms with van der Waals surface area (Å²) in [5.74, 6) is 0.107. The molecule has 3 rings (SSSR count). The van der Waals surface area contributed by atoms with Gasteiger partial charge >= 0.3 is 0 Å². The summed E-state index contributed by atoms with van der Waals surface area (Å²) in [6, 6.07) is 21.5. The third-order valence-corrected chi connectivity index (χ3v) is 3.93. The predicted octanol–water partition coefficient (Wildman–Crippen LogP) is 4.24. The van der Waals surface area contributed by atoms with Crippen LogP contribution in [0.3, 0.4) is 0 Å². The van der Waals surface area contributed by atoms with Gasteiger partial charge in [0, 0.05) is 5.56 Å². The van der Waals surface area contributed by atoms with Gasteiger partial charge in [0.2, 0.25) is 0 Å². The summed E-state index contributed by atoms with van der Waals surface area (Å²) in [5.41, 5.74) is 2.72. The minimum Gasteiger partial charge on any atom is -0.294 e. The smallest absolute Gasteiger partial charge is 0.168 e. The SMILES string of the molecule is O=C(Cc1cc(-c2ccccc2)sn1)c1ccccc1. The van der Waals surface area contributed by atoms with E-state index in [0.29, 0.717) is 6.42 Å². The highest BCUT2D eigenvalue weighted by atomic mass is 32.1. The first-order chi connectivity index (χ1) is 9.83. The third kappa shape index (κ3) is 2.83. The highest BCUT2D eigenvalue weighted by Crippen LogP contribution is 2.24. The fourth-order valence-corrected chi connectivity index (χ4v) is 2.79. The lowest BCUT2D eigenvalue weighted by molar-refractivity contribution is 0.0992. The van der Waals surface area contributed by atoms with Crippen LogP contribution in [0.2, 0.25) is 0 Å². The maximum atomic E-state index is 12.1. The van der Waals surface area contributed by atoms with E-state index in [0.717, 1.165) is 21.7 Å². The highest BCUT2D eigenvalue weighted by molar-refractivity contribution is 7.09. The minimum absolute atomic E-state index is 0.107. The number of aromatic nitrogens is 1. The standard InChI is InChI=1S/C17H13NOS/c19-16(13-7-3-1-4-8-13)11-15-12-17(20-18-15)14-9-5-2-6-10-14/h1-10,12H,11H2. The molecule has 0 aliphatic heterocycles. The molecule has 0 bridgehead atoms. The van der Waals surface area contributed by atoms with Crippen LogP contribution < -0.4 is 0 Å². The third-order valence-electron chi connectivity index (χ3n) is 3.05. The number of hydrogen-bond donors (Lipinski definition) is 0. The molecule has 1 aromatic heterocycles. The van der Waals surface area contributed by atoms with Crippen molar-refractivity contribution in [2.75, 3.05) is 0 Å². The summed E-state index contributed by atoms with van der Waals surface area (Å²) in [7, 11) is 0. The molecule has 0 radical (unpaired) electrons. The number of hydrogen-bond acceptors (Lipinski definition) is 3. The van der Waals surface area contributed by atoms with Crippen LogP contribution in [0.1, 0.15) is 16.1 Å². The fourth-order valence-electron chi connectivity index (χ4n) is 2.02. The van der Waals surface area contributed by atoms with Crippen LogP contribution in [0.5, 0.6) is 0 Å². The second-order valence-electron chi connectivity index (χ2n) is 4.51. The van der Waals surface area contributed by atoms with Crippen LogP contribution in [0, 0.1) is 0 Å². The van der Waals surface area contributed by atoms with Gasteiger partial charge in [-0.05, 0) is 23.2 Å². The quantitative estimate of drug-likeness (QED) is 0.669. The lowest BCUT2D eigenvalue weighted by Crippen LogP contribution is -2.03. The van der Waals surface area contributed by atoms with E-state index < -0.39 is 0 Å². The average Bonchev–Trinajstić information content (AvgIpc) is 2.97. The minimum atomic E-state index is 0.107. The molecule has 1 heterocycles. The first kappa shape index (κ1) is 12.8. The highest BCUT2D eigenvalue weighted by Gasteiger charge is 2.10. The molecule has 0 amide bonds. The van der Waals surface area contributed by atoms with Crippen molar-refractivity contribution in [2.24, 2.45) is 0 Å². The molecule has 3 heteroatoms. The molecule has 0 aliphatic rings. The van der Waals surface area contributed by atoms with Crippen molar-refractivity contribution in [1.29, 1.82) is 0 Å².